The third-order valence-electron chi connectivity index (χ3n) is 4.03. The fourth-order valence-corrected chi connectivity index (χ4v) is 4.37. The van der Waals surface area contributed by atoms with Gasteiger partial charge in [0.2, 0.25) is 0 Å². The Labute approximate surface area is 164 Å². The number of benzene rings is 1. The van der Waals surface area contributed by atoms with E-state index in [1.165, 1.54) is 16.8 Å². The Morgan fingerprint density at radius 2 is 1.78 bits per heavy atom. The van der Waals surface area contributed by atoms with Crippen LogP contribution in [-0.4, -0.2) is 25.5 Å². The van der Waals surface area contributed by atoms with Crippen LogP contribution in [0, 0.1) is 13.8 Å². The Kier molecular flexibility index (Phi) is 4.74. The van der Waals surface area contributed by atoms with E-state index in [2.05, 4.69) is 37.9 Å². The number of hydrogen-bond donors (Lipinski definition) is 1. The topological polar surface area (TPSA) is 80.7 Å². The molecule has 0 saturated carbocycles. The number of aromatic nitrogens is 4. The molecule has 1 aromatic carbocycles. The first-order valence-electron chi connectivity index (χ1n) is 8.18. The van der Waals surface area contributed by atoms with E-state index in [0.29, 0.717) is 10.6 Å². The van der Waals surface area contributed by atoms with Crippen molar-refractivity contribution in [1.29, 1.82) is 0 Å². The maximum atomic E-state index is 12.3. The van der Waals surface area contributed by atoms with Gasteiger partial charge in [-0.1, -0.05) is 16.6 Å². The van der Waals surface area contributed by atoms with Crippen molar-refractivity contribution >= 4 is 34.5 Å². The first-order chi connectivity index (χ1) is 13.1. The molecule has 27 heavy (non-hydrogen) atoms. The Hall–Kier alpha value is -2.97. The molecule has 4 aromatic rings. The number of rotatable bonds is 4. The van der Waals surface area contributed by atoms with Crippen molar-refractivity contribution in [3.05, 3.63) is 65.2 Å². The van der Waals surface area contributed by atoms with E-state index in [4.69, 9.17) is 0 Å². The monoisotopic (exact) mass is 393 g/mol. The average Bonchev–Trinajstić information content (AvgIpc) is 3.29. The Bertz CT molecular complexity index is 1090. The molecule has 1 N–H and O–H groups in total. The average molecular weight is 393 g/mol. The first kappa shape index (κ1) is 17.4. The van der Waals surface area contributed by atoms with Gasteiger partial charge >= 0.3 is 0 Å². The second-order valence-corrected chi connectivity index (χ2v) is 7.78. The van der Waals surface area contributed by atoms with Crippen LogP contribution in [0.5, 0.6) is 0 Å². The van der Waals surface area contributed by atoms with Gasteiger partial charge in [-0.05, 0) is 54.7 Å². The zero-order chi connectivity index (χ0) is 18.8. The van der Waals surface area contributed by atoms with Crippen molar-refractivity contribution in [1.82, 2.24) is 19.6 Å². The molecule has 1 amide bonds. The van der Waals surface area contributed by atoms with Gasteiger partial charge in [-0.2, -0.15) is 0 Å². The van der Waals surface area contributed by atoms with Crippen LogP contribution in [0.15, 0.2) is 49.1 Å². The van der Waals surface area contributed by atoms with Crippen LogP contribution in [-0.2, 0) is 0 Å². The second kappa shape index (κ2) is 7.34. The van der Waals surface area contributed by atoms with Crippen LogP contribution in [0.4, 0.5) is 5.69 Å². The highest BCUT2D eigenvalue weighted by atomic mass is 32.1. The molecule has 0 fully saturated rings. The highest BCUT2D eigenvalue weighted by Gasteiger charge is 2.14. The van der Waals surface area contributed by atoms with Gasteiger partial charge in [-0.15, -0.1) is 16.4 Å². The lowest BCUT2D eigenvalue weighted by molar-refractivity contribution is 0.103. The lowest BCUT2D eigenvalue weighted by Gasteiger charge is -2.05. The highest BCUT2D eigenvalue weighted by molar-refractivity contribution is 7.19. The molecular formula is C19H15N5OS2. The van der Waals surface area contributed by atoms with E-state index < -0.39 is 0 Å². The number of nitrogens with one attached hydrogen (secondary N) is 1. The van der Waals surface area contributed by atoms with Crippen molar-refractivity contribution < 1.29 is 4.79 Å². The fourth-order valence-electron chi connectivity index (χ4n) is 2.67. The summed E-state index contributed by atoms with van der Waals surface area (Å²) in [4.78, 5) is 23.3. The predicted octanol–water partition coefficient (Wildman–Crippen LogP) is 4.59. The number of thiophene rings is 1. The lowest BCUT2D eigenvalue weighted by atomic mass is 10.1. The Morgan fingerprint density at radius 1 is 1.04 bits per heavy atom. The summed E-state index contributed by atoms with van der Waals surface area (Å²) in [6.07, 6.45) is 5.16. The smallest absolute Gasteiger partial charge is 0.269 e. The summed E-state index contributed by atoms with van der Waals surface area (Å²) >= 11 is 2.80. The van der Waals surface area contributed by atoms with E-state index in [9.17, 15) is 4.79 Å². The quantitative estimate of drug-likeness (QED) is 0.548. The number of aryl methyl sites for hydroxylation is 2. The lowest BCUT2D eigenvalue weighted by Crippen LogP contribution is -2.11. The summed E-state index contributed by atoms with van der Waals surface area (Å²) in [7, 11) is 0. The minimum absolute atomic E-state index is 0.186. The maximum absolute atomic E-state index is 12.3. The van der Waals surface area contributed by atoms with Gasteiger partial charge in [0.15, 0.2) is 0 Å². The van der Waals surface area contributed by atoms with Gasteiger partial charge in [-0.25, -0.2) is 9.97 Å². The van der Waals surface area contributed by atoms with Crippen LogP contribution >= 0.6 is 22.9 Å². The zero-order valence-corrected chi connectivity index (χ0v) is 16.3. The van der Waals surface area contributed by atoms with Crippen LogP contribution in [0.3, 0.4) is 0 Å². The minimum Gasteiger partial charge on any atom is -0.321 e. The maximum Gasteiger partial charge on any atom is 0.269 e. The van der Waals surface area contributed by atoms with Gasteiger partial charge in [0.1, 0.15) is 11.2 Å². The molecule has 0 spiro atoms. The van der Waals surface area contributed by atoms with E-state index >= 15 is 0 Å². The van der Waals surface area contributed by atoms with Gasteiger partial charge in [-0.3, -0.25) is 4.79 Å². The summed E-state index contributed by atoms with van der Waals surface area (Å²) < 4.78 is 3.80. The number of nitrogens with zero attached hydrogens (tertiary/aromatic N) is 4. The summed E-state index contributed by atoms with van der Waals surface area (Å²) in [6.45, 7) is 3.87. The molecule has 0 aliphatic carbocycles. The molecule has 0 aliphatic heterocycles. The summed E-state index contributed by atoms with van der Waals surface area (Å²) in [5, 5.41) is 6.76. The molecule has 4 rings (SSSR count). The normalized spacial score (nSPS) is 10.7. The molecule has 0 saturated heterocycles. The molecule has 3 heterocycles. The summed E-state index contributed by atoms with van der Waals surface area (Å²) in [5.41, 5.74) is 4.69. The van der Waals surface area contributed by atoms with Crippen LogP contribution < -0.4 is 5.32 Å². The number of amides is 1. The number of carbonyl (C=O) groups is 1. The molecule has 0 atom stereocenters. The van der Waals surface area contributed by atoms with Crippen LogP contribution in [0.25, 0.3) is 20.9 Å². The number of carbonyl (C=O) groups excluding carboxylic acids is 1. The standard InChI is InChI=1S/C19H15N5OS2/c1-11-7-16(14-8-20-10-21-9-14)26-17(11)13-3-5-15(6-4-13)22-19(25)18-12(2)23-24-27-18/h3-10H,1-2H3,(H,22,25). The zero-order valence-electron chi connectivity index (χ0n) is 14.6. The highest BCUT2D eigenvalue weighted by Crippen LogP contribution is 2.37. The van der Waals surface area contributed by atoms with Crippen LogP contribution in [0.1, 0.15) is 20.9 Å². The molecule has 0 bridgehead atoms. The van der Waals surface area contributed by atoms with Crippen molar-refractivity contribution in [2.75, 3.05) is 5.32 Å². The Balaban J connectivity index is 1.55. The summed E-state index contributed by atoms with van der Waals surface area (Å²) in [5.74, 6) is -0.186. The minimum atomic E-state index is -0.186. The van der Waals surface area contributed by atoms with Crippen molar-refractivity contribution in [3.8, 4) is 20.9 Å². The molecule has 3 aromatic heterocycles. The third-order valence-corrected chi connectivity index (χ3v) is 6.19. The first-order valence-corrected chi connectivity index (χ1v) is 9.77. The van der Waals surface area contributed by atoms with Crippen molar-refractivity contribution in [2.24, 2.45) is 0 Å². The second-order valence-electron chi connectivity index (χ2n) is 5.97. The number of anilines is 1. The van der Waals surface area contributed by atoms with E-state index in [0.717, 1.165) is 33.2 Å². The predicted molar refractivity (Wildman–Crippen MR) is 108 cm³/mol. The molecule has 0 radical (unpaired) electrons. The van der Waals surface area contributed by atoms with Gasteiger partial charge in [0, 0.05) is 33.4 Å². The van der Waals surface area contributed by atoms with Gasteiger partial charge in [0.05, 0.1) is 5.69 Å². The van der Waals surface area contributed by atoms with E-state index in [1.807, 2.05) is 36.7 Å². The molecule has 134 valence electrons. The SMILES string of the molecule is Cc1cc(-c2cncnc2)sc1-c1ccc(NC(=O)c2snnc2C)cc1. The van der Waals surface area contributed by atoms with Crippen LogP contribution in [0.2, 0.25) is 0 Å². The molecule has 8 heteroatoms. The van der Waals surface area contributed by atoms with E-state index in [1.54, 1.807) is 18.3 Å². The molecule has 0 unspecified atom stereocenters. The third kappa shape index (κ3) is 3.62. The van der Waals surface area contributed by atoms with Crippen molar-refractivity contribution in [3.63, 3.8) is 0 Å². The van der Waals surface area contributed by atoms with Crippen molar-refractivity contribution in [2.45, 2.75) is 13.8 Å². The molecule has 0 aliphatic rings. The molecule has 6 nitrogen and oxygen atoms in total. The van der Waals surface area contributed by atoms with Gasteiger partial charge < -0.3 is 5.32 Å². The van der Waals surface area contributed by atoms with Gasteiger partial charge in [0.25, 0.3) is 5.91 Å². The van der Waals surface area contributed by atoms with E-state index in [-0.39, 0.29) is 5.91 Å². The largest absolute Gasteiger partial charge is 0.321 e. The number of hydrogen-bond acceptors (Lipinski definition) is 7. The molecular weight excluding hydrogens is 378 g/mol. The fraction of sp³-hybridized carbons (Fsp3) is 0.105. The Morgan fingerprint density at radius 3 is 2.44 bits per heavy atom. The summed E-state index contributed by atoms with van der Waals surface area (Å²) in [6, 6.07) is 9.98.